The second-order valence-electron chi connectivity index (χ2n) is 6.45. The molecule has 3 N–H and O–H groups in total. The Morgan fingerprint density at radius 1 is 1.33 bits per heavy atom. The maximum atomic E-state index is 12.4. The van der Waals surface area contributed by atoms with Crippen LogP contribution in [-0.4, -0.2) is 43.5 Å². The zero-order valence-corrected chi connectivity index (χ0v) is 14.7. The molecule has 0 heterocycles. The average molecular weight is 333 g/mol. The summed E-state index contributed by atoms with van der Waals surface area (Å²) in [5, 5.41) is 2.89. The number of rotatable bonds is 6. The van der Waals surface area contributed by atoms with Gasteiger partial charge in [-0.3, -0.25) is 9.59 Å². The summed E-state index contributed by atoms with van der Waals surface area (Å²) in [6.07, 6.45) is 3.45. The van der Waals surface area contributed by atoms with Crippen molar-refractivity contribution >= 4 is 17.5 Å². The number of nitrogens with one attached hydrogen (secondary N) is 1. The molecular formula is C18H27N3O3. The zero-order chi connectivity index (χ0) is 17.7. The van der Waals surface area contributed by atoms with Crippen molar-refractivity contribution < 1.29 is 14.3 Å². The third-order valence-corrected chi connectivity index (χ3v) is 4.37. The Labute approximate surface area is 143 Å². The van der Waals surface area contributed by atoms with Crippen LogP contribution >= 0.6 is 0 Å². The number of hydrogen-bond donors (Lipinski definition) is 2. The molecule has 1 aromatic carbocycles. The number of benzene rings is 1. The van der Waals surface area contributed by atoms with Crippen LogP contribution in [0.2, 0.25) is 0 Å². The van der Waals surface area contributed by atoms with E-state index in [0.717, 1.165) is 19.3 Å². The molecule has 0 spiro atoms. The molecule has 24 heavy (non-hydrogen) atoms. The third-order valence-electron chi connectivity index (χ3n) is 4.37. The molecule has 0 bridgehead atoms. The molecule has 6 heteroatoms. The molecule has 6 nitrogen and oxygen atoms in total. The van der Waals surface area contributed by atoms with Gasteiger partial charge in [0, 0.05) is 32.1 Å². The number of carbonyl (C=O) groups is 2. The lowest BCUT2D eigenvalue weighted by Crippen LogP contribution is -2.28. The number of amides is 2. The van der Waals surface area contributed by atoms with E-state index in [4.69, 9.17) is 10.5 Å². The fraction of sp³-hybridized carbons (Fsp3) is 0.556. The fourth-order valence-corrected chi connectivity index (χ4v) is 3.06. The van der Waals surface area contributed by atoms with Crippen molar-refractivity contribution in [2.24, 2.45) is 11.7 Å². The highest BCUT2D eigenvalue weighted by molar-refractivity contribution is 5.98. The molecule has 1 saturated carbocycles. The van der Waals surface area contributed by atoms with Crippen molar-refractivity contribution in [1.82, 2.24) is 4.90 Å². The summed E-state index contributed by atoms with van der Waals surface area (Å²) in [5.74, 6) is 0.586. The lowest BCUT2D eigenvalue weighted by molar-refractivity contribution is -0.117. The van der Waals surface area contributed by atoms with E-state index >= 15 is 0 Å². The topological polar surface area (TPSA) is 84.7 Å². The van der Waals surface area contributed by atoms with Gasteiger partial charge in [-0.25, -0.2) is 0 Å². The zero-order valence-electron chi connectivity index (χ0n) is 14.7. The van der Waals surface area contributed by atoms with Gasteiger partial charge >= 0.3 is 0 Å². The second kappa shape index (κ2) is 8.15. The van der Waals surface area contributed by atoms with Crippen molar-refractivity contribution in [3.8, 4) is 5.75 Å². The molecule has 0 saturated heterocycles. The molecule has 1 aliphatic carbocycles. The number of nitrogens with two attached hydrogens (primary N) is 1. The lowest BCUT2D eigenvalue weighted by atomic mass is 10.00. The maximum absolute atomic E-state index is 12.4. The highest BCUT2D eigenvalue weighted by atomic mass is 16.5. The van der Waals surface area contributed by atoms with Gasteiger partial charge in [-0.05, 0) is 43.9 Å². The van der Waals surface area contributed by atoms with Gasteiger partial charge in [0.25, 0.3) is 5.91 Å². The number of anilines is 1. The smallest absolute Gasteiger partial charge is 0.253 e. The molecule has 0 aromatic heterocycles. The summed E-state index contributed by atoms with van der Waals surface area (Å²) in [5.41, 5.74) is 7.08. The van der Waals surface area contributed by atoms with E-state index in [9.17, 15) is 9.59 Å². The van der Waals surface area contributed by atoms with E-state index in [1.165, 1.54) is 4.90 Å². The summed E-state index contributed by atoms with van der Waals surface area (Å²) in [4.78, 5) is 26.0. The summed E-state index contributed by atoms with van der Waals surface area (Å²) < 4.78 is 5.56. The van der Waals surface area contributed by atoms with Gasteiger partial charge in [0.05, 0.1) is 12.3 Å². The standard InChI is InChI=1S/C18H27N3O3/c1-4-24-16-9-8-13(18(23)21(2)3)10-15(16)20-17(22)11-12-6-5-7-14(12)19/h8-10,12,14H,4-7,11,19H2,1-3H3,(H,20,22)/t12-,14+/m0/s1. The Balaban J connectivity index is 2.14. The van der Waals surface area contributed by atoms with Gasteiger partial charge in [0.2, 0.25) is 5.91 Å². The first-order valence-electron chi connectivity index (χ1n) is 8.46. The van der Waals surface area contributed by atoms with Gasteiger partial charge in [0.15, 0.2) is 0 Å². The van der Waals surface area contributed by atoms with Crippen LogP contribution in [0.3, 0.4) is 0 Å². The summed E-state index contributed by atoms with van der Waals surface area (Å²) in [7, 11) is 3.39. The van der Waals surface area contributed by atoms with E-state index < -0.39 is 0 Å². The van der Waals surface area contributed by atoms with E-state index in [1.807, 2.05) is 6.92 Å². The Morgan fingerprint density at radius 3 is 2.67 bits per heavy atom. The minimum atomic E-state index is -0.119. The first kappa shape index (κ1) is 18.3. The van der Waals surface area contributed by atoms with Gasteiger partial charge in [-0.15, -0.1) is 0 Å². The first-order chi connectivity index (χ1) is 11.4. The van der Waals surface area contributed by atoms with Crippen molar-refractivity contribution in [1.29, 1.82) is 0 Å². The summed E-state index contributed by atoms with van der Waals surface area (Å²) >= 11 is 0. The second-order valence-corrected chi connectivity index (χ2v) is 6.45. The van der Waals surface area contributed by atoms with Gasteiger partial charge in [0.1, 0.15) is 5.75 Å². The number of ether oxygens (including phenoxy) is 1. The Hall–Kier alpha value is -2.08. The van der Waals surface area contributed by atoms with Crippen molar-refractivity contribution in [3.05, 3.63) is 23.8 Å². The van der Waals surface area contributed by atoms with Crippen molar-refractivity contribution in [2.45, 2.75) is 38.6 Å². The van der Waals surface area contributed by atoms with Gasteiger partial charge in [-0.1, -0.05) is 6.42 Å². The Morgan fingerprint density at radius 2 is 2.08 bits per heavy atom. The number of carbonyl (C=O) groups excluding carboxylic acids is 2. The monoisotopic (exact) mass is 333 g/mol. The molecule has 0 unspecified atom stereocenters. The van der Waals surface area contributed by atoms with Crippen LogP contribution in [0.5, 0.6) is 5.75 Å². The number of hydrogen-bond acceptors (Lipinski definition) is 4. The van der Waals surface area contributed by atoms with Crippen molar-refractivity contribution in [3.63, 3.8) is 0 Å². The predicted molar refractivity (Wildman–Crippen MR) is 94.2 cm³/mol. The number of nitrogens with zero attached hydrogens (tertiary/aromatic N) is 1. The molecule has 2 amide bonds. The van der Waals surface area contributed by atoms with Crippen LogP contribution in [0.25, 0.3) is 0 Å². The van der Waals surface area contributed by atoms with E-state index in [2.05, 4.69) is 5.32 Å². The molecular weight excluding hydrogens is 306 g/mol. The van der Waals surface area contributed by atoms with Crippen LogP contribution in [0.1, 0.15) is 43.0 Å². The Kier molecular flexibility index (Phi) is 6.20. The highest BCUT2D eigenvalue weighted by Gasteiger charge is 2.26. The molecule has 0 radical (unpaired) electrons. The third kappa shape index (κ3) is 4.47. The van der Waals surface area contributed by atoms with E-state index in [1.54, 1.807) is 32.3 Å². The normalized spacial score (nSPS) is 19.8. The molecule has 1 aromatic rings. The minimum absolute atomic E-state index is 0.0900. The van der Waals surface area contributed by atoms with Crippen molar-refractivity contribution in [2.75, 3.05) is 26.0 Å². The first-order valence-corrected chi connectivity index (χ1v) is 8.46. The largest absolute Gasteiger partial charge is 0.492 e. The molecule has 1 aliphatic rings. The molecule has 132 valence electrons. The quantitative estimate of drug-likeness (QED) is 0.836. The summed E-state index contributed by atoms with van der Waals surface area (Å²) in [6, 6.07) is 5.19. The predicted octanol–water partition coefficient (Wildman–Crippen LogP) is 2.24. The minimum Gasteiger partial charge on any atom is -0.492 e. The average Bonchev–Trinajstić information content (AvgIpc) is 2.93. The van der Waals surface area contributed by atoms with Crippen LogP contribution < -0.4 is 15.8 Å². The SMILES string of the molecule is CCOc1ccc(C(=O)N(C)C)cc1NC(=O)C[C@@H]1CCC[C@H]1N. The lowest BCUT2D eigenvalue weighted by Gasteiger charge is -2.17. The molecule has 2 atom stereocenters. The van der Waals surface area contributed by atoms with Crippen LogP contribution in [0, 0.1) is 5.92 Å². The molecule has 0 aliphatic heterocycles. The van der Waals surface area contributed by atoms with Gasteiger partial charge < -0.3 is 20.7 Å². The molecule has 1 fully saturated rings. The maximum Gasteiger partial charge on any atom is 0.253 e. The van der Waals surface area contributed by atoms with E-state index in [0.29, 0.717) is 30.0 Å². The molecule has 2 rings (SSSR count). The highest BCUT2D eigenvalue weighted by Crippen LogP contribution is 2.29. The summed E-state index contributed by atoms with van der Waals surface area (Å²) in [6.45, 7) is 2.36. The van der Waals surface area contributed by atoms with Crippen LogP contribution in [0.4, 0.5) is 5.69 Å². The fourth-order valence-electron chi connectivity index (χ4n) is 3.06. The van der Waals surface area contributed by atoms with Crippen LogP contribution in [0.15, 0.2) is 18.2 Å². The van der Waals surface area contributed by atoms with Crippen LogP contribution in [-0.2, 0) is 4.79 Å². The Bertz CT molecular complexity index is 601. The van der Waals surface area contributed by atoms with Gasteiger partial charge in [-0.2, -0.15) is 0 Å². The van der Waals surface area contributed by atoms with E-state index in [-0.39, 0.29) is 23.8 Å².